The highest BCUT2D eigenvalue weighted by Gasteiger charge is 2.05. The van der Waals surface area contributed by atoms with Crippen LogP contribution in [0, 0.1) is 6.92 Å². The fraction of sp³-hybridized carbons (Fsp3) is 0.111. The van der Waals surface area contributed by atoms with E-state index in [1.165, 1.54) is 0 Å². The highest BCUT2D eigenvalue weighted by Crippen LogP contribution is 2.24. The lowest BCUT2D eigenvalue weighted by atomic mass is 10.1. The van der Waals surface area contributed by atoms with E-state index in [9.17, 15) is 0 Å². The van der Waals surface area contributed by atoms with Gasteiger partial charge < -0.3 is 10.1 Å². The lowest BCUT2D eigenvalue weighted by Gasteiger charge is -2.09. The van der Waals surface area contributed by atoms with Crippen LogP contribution in [0.5, 0.6) is 5.75 Å². The number of anilines is 2. The average molecular weight is 328 g/mol. The van der Waals surface area contributed by atoms with Crippen molar-refractivity contribution in [3.8, 4) is 17.0 Å². The third-order valence-corrected chi connectivity index (χ3v) is 3.27. The Morgan fingerprint density at radius 3 is 2.26 bits per heavy atom. The van der Waals surface area contributed by atoms with Crippen LogP contribution >= 0.6 is 12.4 Å². The summed E-state index contributed by atoms with van der Waals surface area (Å²) in [7, 11) is 1.66. The van der Waals surface area contributed by atoms with E-state index in [4.69, 9.17) is 4.74 Å². The van der Waals surface area contributed by atoms with Gasteiger partial charge in [0.2, 0.25) is 0 Å². The molecule has 0 radical (unpaired) electrons. The van der Waals surface area contributed by atoms with Gasteiger partial charge in [-0.2, -0.15) is 0 Å². The molecule has 3 aromatic rings. The molecule has 1 heterocycles. The fourth-order valence-electron chi connectivity index (χ4n) is 2.21. The maximum Gasteiger partial charge on any atom is 0.134 e. The monoisotopic (exact) mass is 327 g/mol. The van der Waals surface area contributed by atoms with Gasteiger partial charge in [0.15, 0.2) is 0 Å². The summed E-state index contributed by atoms with van der Waals surface area (Å²) in [6.45, 7) is 1.89. The molecule has 0 atom stereocenters. The quantitative estimate of drug-likeness (QED) is 0.759. The summed E-state index contributed by atoms with van der Waals surface area (Å²) < 4.78 is 5.19. The zero-order valence-corrected chi connectivity index (χ0v) is 13.8. The Morgan fingerprint density at radius 2 is 1.61 bits per heavy atom. The van der Waals surface area contributed by atoms with Gasteiger partial charge in [-0.05, 0) is 43.3 Å². The van der Waals surface area contributed by atoms with Crippen molar-refractivity contribution in [1.82, 2.24) is 9.97 Å². The number of aryl methyl sites for hydroxylation is 1. The summed E-state index contributed by atoms with van der Waals surface area (Å²) in [5, 5.41) is 3.30. The molecule has 0 unspecified atom stereocenters. The van der Waals surface area contributed by atoms with Gasteiger partial charge >= 0.3 is 0 Å². The molecule has 0 bridgehead atoms. The summed E-state index contributed by atoms with van der Waals surface area (Å²) in [5.74, 6) is 2.34. The number of aromatic nitrogens is 2. The van der Waals surface area contributed by atoms with Crippen LogP contribution in [0.1, 0.15) is 5.82 Å². The van der Waals surface area contributed by atoms with Gasteiger partial charge in [0.1, 0.15) is 17.4 Å². The number of rotatable bonds is 4. The van der Waals surface area contributed by atoms with Gasteiger partial charge in [0.05, 0.1) is 12.8 Å². The number of nitrogens with zero attached hydrogens (tertiary/aromatic N) is 2. The average Bonchev–Trinajstić information content (AvgIpc) is 2.55. The van der Waals surface area contributed by atoms with Crippen LogP contribution < -0.4 is 10.1 Å². The molecule has 1 aromatic heterocycles. The summed E-state index contributed by atoms with van der Waals surface area (Å²) in [6, 6.07) is 19.8. The number of hydrogen-bond acceptors (Lipinski definition) is 4. The van der Waals surface area contributed by atoms with E-state index in [2.05, 4.69) is 15.3 Å². The van der Waals surface area contributed by atoms with E-state index in [0.29, 0.717) is 0 Å². The smallest absolute Gasteiger partial charge is 0.134 e. The van der Waals surface area contributed by atoms with Gasteiger partial charge in [-0.3, -0.25) is 0 Å². The van der Waals surface area contributed by atoms with E-state index in [1.807, 2.05) is 67.6 Å². The van der Waals surface area contributed by atoms with Gasteiger partial charge in [-0.1, -0.05) is 18.2 Å². The first-order valence-corrected chi connectivity index (χ1v) is 7.07. The lowest BCUT2D eigenvalue weighted by molar-refractivity contribution is 0.415. The number of halogens is 1. The Hall–Kier alpha value is -2.59. The Bertz CT molecular complexity index is 761. The van der Waals surface area contributed by atoms with Crippen molar-refractivity contribution in [3.63, 3.8) is 0 Å². The van der Waals surface area contributed by atoms with E-state index in [1.54, 1.807) is 7.11 Å². The topological polar surface area (TPSA) is 47.0 Å². The van der Waals surface area contributed by atoms with Gasteiger partial charge in [-0.25, -0.2) is 9.97 Å². The van der Waals surface area contributed by atoms with Crippen molar-refractivity contribution >= 4 is 23.9 Å². The molecule has 2 aromatic carbocycles. The van der Waals surface area contributed by atoms with Crippen LogP contribution in [0.4, 0.5) is 11.5 Å². The van der Waals surface area contributed by atoms with Crippen molar-refractivity contribution in [2.45, 2.75) is 6.92 Å². The molecular formula is C18H18ClN3O. The molecule has 0 aliphatic rings. The zero-order chi connectivity index (χ0) is 15.4. The van der Waals surface area contributed by atoms with Gasteiger partial charge in [-0.15, -0.1) is 12.4 Å². The van der Waals surface area contributed by atoms with Crippen molar-refractivity contribution in [2.24, 2.45) is 0 Å². The highest BCUT2D eigenvalue weighted by atomic mass is 35.5. The molecule has 118 valence electrons. The molecule has 0 aliphatic heterocycles. The first-order valence-electron chi connectivity index (χ1n) is 7.07. The Kier molecular flexibility index (Phi) is 5.55. The second-order valence-electron chi connectivity index (χ2n) is 4.91. The maximum atomic E-state index is 5.19. The summed E-state index contributed by atoms with van der Waals surface area (Å²) in [6.07, 6.45) is 0. The van der Waals surface area contributed by atoms with Crippen LogP contribution in [0.25, 0.3) is 11.3 Å². The number of ether oxygens (including phenoxy) is 1. The molecule has 3 rings (SSSR count). The lowest BCUT2D eigenvalue weighted by Crippen LogP contribution is -1.98. The third-order valence-electron chi connectivity index (χ3n) is 3.27. The molecule has 1 N–H and O–H groups in total. The SMILES string of the molecule is COc1ccc(-c2cc(Nc3ccccc3)nc(C)n2)cc1.Cl. The second-order valence-corrected chi connectivity index (χ2v) is 4.91. The third kappa shape index (κ3) is 4.20. The maximum absolute atomic E-state index is 5.19. The normalized spacial score (nSPS) is 9.83. The molecule has 0 aliphatic carbocycles. The summed E-state index contributed by atoms with van der Waals surface area (Å²) in [4.78, 5) is 8.95. The number of para-hydroxylation sites is 1. The number of nitrogens with one attached hydrogen (secondary N) is 1. The van der Waals surface area contributed by atoms with E-state index in [0.717, 1.165) is 34.3 Å². The fourth-order valence-corrected chi connectivity index (χ4v) is 2.21. The van der Waals surface area contributed by atoms with Crippen LogP contribution in [0.3, 0.4) is 0 Å². The molecule has 4 nitrogen and oxygen atoms in total. The largest absolute Gasteiger partial charge is 0.497 e. The standard InChI is InChI=1S/C18H17N3O.ClH/c1-13-19-17(14-8-10-16(22-2)11-9-14)12-18(20-13)21-15-6-4-3-5-7-15;/h3-12H,1-2H3,(H,19,20,21);1H. The van der Waals surface area contributed by atoms with Crippen molar-refractivity contribution in [3.05, 3.63) is 66.5 Å². The first-order chi connectivity index (χ1) is 10.7. The minimum absolute atomic E-state index is 0. The first kappa shape index (κ1) is 16.8. The molecule has 0 fully saturated rings. The van der Waals surface area contributed by atoms with Crippen molar-refractivity contribution in [1.29, 1.82) is 0 Å². The minimum Gasteiger partial charge on any atom is -0.497 e. The minimum atomic E-state index is 0. The van der Waals surface area contributed by atoms with E-state index < -0.39 is 0 Å². The molecule has 5 heteroatoms. The Morgan fingerprint density at radius 1 is 0.913 bits per heavy atom. The Labute approximate surface area is 142 Å². The molecular weight excluding hydrogens is 310 g/mol. The molecule has 0 spiro atoms. The summed E-state index contributed by atoms with van der Waals surface area (Å²) in [5.41, 5.74) is 2.91. The highest BCUT2D eigenvalue weighted by molar-refractivity contribution is 5.85. The van der Waals surface area contributed by atoms with Gasteiger partial charge in [0.25, 0.3) is 0 Å². The van der Waals surface area contributed by atoms with Crippen LogP contribution in [0.2, 0.25) is 0 Å². The molecule has 23 heavy (non-hydrogen) atoms. The second kappa shape index (κ2) is 7.61. The summed E-state index contributed by atoms with van der Waals surface area (Å²) >= 11 is 0. The van der Waals surface area contributed by atoms with Crippen LogP contribution in [-0.2, 0) is 0 Å². The van der Waals surface area contributed by atoms with Crippen molar-refractivity contribution in [2.75, 3.05) is 12.4 Å². The predicted octanol–water partition coefficient (Wildman–Crippen LogP) is 4.63. The predicted molar refractivity (Wildman–Crippen MR) is 95.7 cm³/mol. The van der Waals surface area contributed by atoms with Gasteiger partial charge in [0, 0.05) is 17.3 Å². The van der Waals surface area contributed by atoms with Crippen LogP contribution in [-0.4, -0.2) is 17.1 Å². The number of hydrogen-bond donors (Lipinski definition) is 1. The van der Waals surface area contributed by atoms with Crippen molar-refractivity contribution < 1.29 is 4.74 Å². The molecule has 0 saturated heterocycles. The van der Waals surface area contributed by atoms with E-state index >= 15 is 0 Å². The Balaban J connectivity index is 0.00000192. The molecule has 0 saturated carbocycles. The number of benzene rings is 2. The zero-order valence-electron chi connectivity index (χ0n) is 13.0. The van der Waals surface area contributed by atoms with E-state index in [-0.39, 0.29) is 12.4 Å². The number of methoxy groups -OCH3 is 1. The molecule has 0 amide bonds. The van der Waals surface area contributed by atoms with Crippen LogP contribution in [0.15, 0.2) is 60.7 Å².